The Morgan fingerprint density at radius 3 is 3.00 bits per heavy atom. The Morgan fingerprint density at radius 1 is 1.15 bits per heavy atom. The molecule has 0 bridgehead atoms. The molecule has 3 heteroatoms. The number of hydrogen-bond acceptors (Lipinski definition) is 2. The summed E-state index contributed by atoms with van der Waals surface area (Å²) >= 11 is 0. The Bertz CT molecular complexity index is 700. The minimum Gasteiger partial charge on any atom is -0.312 e. The van der Waals surface area contributed by atoms with Gasteiger partial charge >= 0.3 is 0 Å². The molecule has 2 heterocycles. The Kier molecular flexibility index (Phi) is 3.79. The largest absolute Gasteiger partial charge is 0.312 e. The van der Waals surface area contributed by atoms with Gasteiger partial charge in [0.15, 0.2) is 0 Å². The van der Waals surface area contributed by atoms with Crippen LogP contribution in [0.25, 0.3) is 5.52 Å². The minimum absolute atomic E-state index is 0.860. The molecule has 0 spiro atoms. The molecule has 0 unspecified atom stereocenters. The highest BCUT2D eigenvalue weighted by atomic mass is 15.2. The third-order valence-electron chi connectivity index (χ3n) is 3.49. The zero-order valence-electron chi connectivity index (χ0n) is 11.7. The molecule has 1 N–H and O–H groups in total. The normalized spacial score (nSPS) is 11.1. The Labute approximate surface area is 119 Å². The van der Waals surface area contributed by atoms with Crippen LogP contribution in [0, 0.1) is 6.92 Å². The summed E-state index contributed by atoms with van der Waals surface area (Å²) < 4.78 is 1.91. The molecular formula is C17H19N3. The van der Waals surface area contributed by atoms with Crippen LogP contribution in [0.3, 0.4) is 0 Å². The van der Waals surface area contributed by atoms with E-state index in [-0.39, 0.29) is 0 Å². The molecule has 3 rings (SSSR count). The molecule has 20 heavy (non-hydrogen) atoms. The standard InChI is InChI=1S/C17H19N3/c1-14-5-4-6-15(11-14)8-9-18-12-16-13-19-20-10-3-2-7-17(16)20/h2-7,10-11,13,18H,8-9,12H2,1H3. The van der Waals surface area contributed by atoms with E-state index >= 15 is 0 Å². The van der Waals surface area contributed by atoms with Crippen LogP contribution in [0.4, 0.5) is 0 Å². The number of aromatic nitrogens is 2. The van der Waals surface area contributed by atoms with E-state index in [1.54, 1.807) is 0 Å². The predicted molar refractivity (Wildman–Crippen MR) is 81.8 cm³/mol. The number of nitrogens with one attached hydrogen (secondary N) is 1. The lowest BCUT2D eigenvalue weighted by Crippen LogP contribution is -2.16. The number of hydrogen-bond donors (Lipinski definition) is 1. The smallest absolute Gasteiger partial charge is 0.0706 e. The number of benzene rings is 1. The van der Waals surface area contributed by atoms with Crippen molar-refractivity contribution in [1.29, 1.82) is 0 Å². The maximum Gasteiger partial charge on any atom is 0.0706 e. The van der Waals surface area contributed by atoms with Gasteiger partial charge in [-0.3, -0.25) is 0 Å². The van der Waals surface area contributed by atoms with Gasteiger partial charge in [-0.2, -0.15) is 5.10 Å². The molecule has 102 valence electrons. The van der Waals surface area contributed by atoms with Crippen molar-refractivity contribution in [2.24, 2.45) is 0 Å². The quantitative estimate of drug-likeness (QED) is 0.719. The third kappa shape index (κ3) is 2.89. The van der Waals surface area contributed by atoms with Crippen molar-refractivity contribution in [3.63, 3.8) is 0 Å². The van der Waals surface area contributed by atoms with Crippen molar-refractivity contribution in [1.82, 2.24) is 14.9 Å². The summed E-state index contributed by atoms with van der Waals surface area (Å²) in [5, 5.41) is 7.84. The summed E-state index contributed by atoms with van der Waals surface area (Å²) in [7, 11) is 0. The fraction of sp³-hybridized carbons (Fsp3) is 0.235. The first-order valence-corrected chi connectivity index (χ1v) is 7.00. The first kappa shape index (κ1) is 12.9. The Morgan fingerprint density at radius 2 is 2.10 bits per heavy atom. The summed E-state index contributed by atoms with van der Waals surface area (Å²) in [6, 6.07) is 14.8. The summed E-state index contributed by atoms with van der Waals surface area (Å²) in [5.74, 6) is 0. The molecular weight excluding hydrogens is 246 g/mol. The van der Waals surface area contributed by atoms with Crippen LogP contribution >= 0.6 is 0 Å². The van der Waals surface area contributed by atoms with Crippen LogP contribution in [0.5, 0.6) is 0 Å². The van der Waals surface area contributed by atoms with Gasteiger partial charge in [-0.05, 0) is 37.6 Å². The Balaban J connectivity index is 1.55. The molecule has 0 saturated heterocycles. The molecule has 3 nitrogen and oxygen atoms in total. The van der Waals surface area contributed by atoms with Crippen LogP contribution in [0.2, 0.25) is 0 Å². The average Bonchev–Trinajstić information content (AvgIpc) is 2.87. The van der Waals surface area contributed by atoms with Crippen molar-refractivity contribution in [2.45, 2.75) is 19.9 Å². The number of nitrogens with zero attached hydrogens (tertiary/aromatic N) is 2. The lowest BCUT2D eigenvalue weighted by atomic mass is 10.1. The second-order valence-corrected chi connectivity index (χ2v) is 5.12. The molecule has 0 amide bonds. The number of pyridine rings is 1. The summed E-state index contributed by atoms with van der Waals surface area (Å²) in [5.41, 5.74) is 5.13. The van der Waals surface area contributed by atoms with E-state index in [2.05, 4.69) is 47.7 Å². The third-order valence-corrected chi connectivity index (χ3v) is 3.49. The predicted octanol–water partition coefficient (Wildman–Crippen LogP) is 2.98. The van der Waals surface area contributed by atoms with Crippen molar-refractivity contribution in [2.75, 3.05) is 6.54 Å². The van der Waals surface area contributed by atoms with Crippen LogP contribution in [0.15, 0.2) is 54.9 Å². The van der Waals surface area contributed by atoms with Crippen molar-refractivity contribution in [3.05, 3.63) is 71.5 Å². The van der Waals surface area contributed by atoms with Gasteiger partial charge in [0.2, 0.25) is 0 Å². The van der Waals surface area contributed by atoms with E-state index in [1.165, 1.54) is 22.2 Å². The van der Waals surface area contributed by atoms with Crippen LogP contribution < -0.4 is 5.32 Å². The molecule has 0 fully saturated rings. The second kappa shape index (κ2) is 5.88. The number of rotatable bonds is 5. The highest BCUT2D eigenvalue weighted by molar-refractivity contribution is 5.53. The van der Waals surface area contributed by atoms with Crippen molar-refractivity contribution in [3.8, 4) is 0 Å². The minimum atomic E-state index is 0.860. The van der Waals surface area contributed by atoms with Gasteiger partial charge in [0.05, 0.1) is 11.7 Å². The highest BCUT2D eigenvalue weighted by Crippen LogP contribution is 2.09. The topological polar surface area (TPSA) is 29.3 Å². The first-order chi connectivity index (χ1) is 9.83. The zero-order chi connectivity index (χ0) is 13.8. The average molecular weight is 265 g/mol. The summed E-state index contributed by atoms with van der Waals surface area (Å²) in [4.78, 5) is 0. The van der Waals surface area contributed by atoms with Gasteiger partial charge in [0.25, 0.3) is 0 Å². The monoisotopic (exact) mass is 265 g/mol. The lowest BCUT2D eigenvalue weighted by molar-refractivity contribution is 0.689. The SMILES string of the molecule is Cc1cccc(CCNCc2cnn3ccccc23)c1. The highest BCUT2D eigenvalue weighted by Gasteiger charge is 2.02. The second-order valence-electron chi connectivity index (χ2n) is 5.12. The molecule has 2 aromatic heterocycles. The molecule has 0 radical (unpaired) electrons. The summed E-state index contributed by atoms with van der Waals surface area (Å²) in [6.07, 6.45) is 4.97. The number of aryl methyl sites for hydroxylation is 1. The van der Waals surface area contributed by atoms with E-state index in [1.807, 2.05) is 29.0 Å². The van der Waals surface area contributed by atoms with Crippen LogP contribution in [0.1, 0.15) is 16.7 Å². The summed E-state index contributed by atoms with van der Waals surface area (Å²) in [6.45, 7) is 3.98. The van der Waals surface area contributed by atoms with E-state index in [9.17, 15) is 0 Å². The molecule has 0 aliphatic carbocycles. The molecule has 3 aromatic rings. The zero-order valence-corrected chi connectivity index (χ0v) is 11.7. The van der Waals surface area contributed by atoms with Gasteiger partial charge < -0.3 is 5.32 Å². The maximum atomic E-state index is 4.34. The van der Waals surface area contributed by atoms with Gasteiger partial charge in [0, 0.05) is 18.3 Å². The van der Waals surface area contributed by atoms with E-state index in [4.69, 9.17) is 0 Å². The fourth-order valence-electron chi connectivity index (χ4n) is 2.45. The van der Waals surface area contributed by atoms with E-state index in [0.717, 1.165) is 19.5 Å². The first-order valence-electron chi connectivity index (χ1n) is 7.00. The molecule has 0 atom stereocenters. The van der Waals surface area contributed by atoms with Gasteiger partial charge in [-0.1, -0.05) is 35.9 Å². The van der Waals surface area contributed by atoms with Crippen LogP contribution in [-0.2, 0) is 13.0 Å². The van der Waals surface area contributed by atoms with E-state index < -0.39 is 0 Å². The molecule has 0 saturated carbocycles. The number of fused-ring (bicyclic) bond motifs is 1. The lowest BCUT2D eigenvalue weighted by Gasteiger charge is -2.05. The van der Waals surface area contributed by atoms with Crippen molar-refractivity contribution >= 4 is 5.52 Å². The van der Waals surface area contributed by atoms with E-state index in [0.29, 0.717) is 0 Å². The fourth-order valence-corrected chi connectivity index (χ4v) is 2.45. The molecule has 0 aliphatic heterocycles. The van der Waals surface area contributed by atoms with Gasteiger partial charge in [0.1, 0.15) is 0 Å². The van der Waals surface area contributed by atoms with Gasteiger partial charge in [-0.25, -0.2) is 4.52 Å². The van der Waals surface area contributed by atoms with Gasteiger partial charge in [-0.15, -0.1) is 0 Å². The molecule has 1 aromatic carbocycles. The Hall–Kier alpha value is -2.13. The van der Waals surface area contributed by atoms with Crippen LogP contribution in [-0.4, -0.2) is 16.2 Å². The molecule has 0 aliphatic rings. The maximum absolute atomic E-state index is 4.34. The van der Waals surface area contributed by atoms with Crippen molar-refractivity contribution < 1.29 is 0 Å².